The average Bonchev–Trinajstić information content (AvgIpc) is 3.16. The molecule has 1 N–H and O–H groups in total. The predicted molar refractivity (Wildman–Crippen MR) is 96.3 cm³/mol. The normalized spacial score (nSPS) is 18.9. The number of rotatable bonds is 4. The standard InChI is InChI=1S/C17H23N5OS/c1-13(15-7-4-11-24-15)21(2)17(23)20-14-6-3-10-22(12-14)16-18-8-5-9-19-16/h4-5,7-9,11,13-14H,3,6,10,12H2,1-2H3,(H,20,23)/t13-,14-/m1/s1. The molecule has 1 fully saturated rings. The van der Waals surface area contributed by atoms with Crippen molar-refractivity contribution in [1.82, 2.24) is 20.2 Å². The molecule has 3 heterocycles. The Morgan fingerprint density at radius 1 is 1.42 bits per heavy atom. The second-order valence-electron chi connectivity index (χ2n) is 6.09. The highest BCUT2D eigenvalue weighted by Crippen LogP contribution is 2.23. The van der Waals surface area contributed by atoms with Gasteiger partial charge in [-0.2, -0.15) is 0 Å². The van der Waals surface area contributed by atoms with Gasteiger partial charge in [-0.15, -0.1) is 11.3 Å². The Labute approximate surface area is 146 Å². The lowest BCUT2D eigenvalue weighted by Gasteiger charge is -2.34. The van der Waals surface area contributed by atoms with Gasteiger partial charge in [0.1, 0.15) is 0 Å². The molecule has 0 aliphatic carbocycles. The van der Waals surface area contributed by atoms with Crippen molar-refractivity contribution in [3.63, 3.8) is 0 Å². The van der Waals surface area contributed by atoms with Crippen LogP contribution in [0.4, 0.5) is 10.7 Å². The number of amides is 2. The van der Waals surface area contributed by atoms with Gasteiger partial charge in [0.15, 0.2) is 0 Å². The van der Waals surface area contributed by atoms with E-state index in [0.29, 0.717) is 0 Å². The molecule has 1 saturated heterocycles. The minimum absolute atomic E-state index is 0.0308. The number of hydrogen-bond donors (Lipinski definition) is 1. The van der Waals surface area contributed by atoms with Crippen LogP contribution >= 0.6 is 11.3 Å². The number of anilines is 1. The zero-order valence-corrected chi connectivity index (χ0v) is 14.9. The van der Waals surface area contributed by atoms with Gasteiger partial charge in [0.25, 0.3) is 0 Å². The number of thiophene rings is 1. The summed E-state index contributed by atoms with van der Waals surface area (Å²) in [5.41, 5.74) is 0. The molecule has 0 unspecified atom stereocenters. The summed E-state index contributed by atoms with van der Waals surface area (Å²) in [6.45, 7) is 3.73. The number of nitrogens with one attached hydrogen (secondary N) is 1. The number of carbonyl (C=O) groups excluding carboxylic acids is 1. The number of hydrogen-bond acceptors (Lipinski definition) is 5. The Balaban J connectivity index is 1.58. The van der Waals surface area contributed by atoms with Crippen LogP contribution in [0.5, 0.6) is 0 Å². The summed E-state index contributed by atoms with van der Waals surface area (Å²) in [4.78, 5) is 26.3. The number of carbonyl (C=O) groups is 1. The predicted octanol–water partition coefficient (Wildman–Crippen LogP) is 2.91. The van der Waals surface area contributed by atoms with E-state index in [2.05, 4.69) is 33.2 Å². The maximum Gasteiger partial charge on any atom is 0.317 e. The van der Waals surface area contributed by atoms with E-state index in [1.165, 1.54) is 4.88 Å². The number of piperidine rings is 1. The van der Waals surface area contributed by atoms with E-state index < -0.39 is 0 Å². The fraction of sp³-hybridized carbons (Fsp3) is 0.471. The van der Waals surface area contributed by atoms with Crippen molar-refractivity contribution >= 4 is 23.3 Å². The zero-order chi connectivity index (χ0) is 16.9. The first-order chi connectivity index (χ1) is 11.6. The molecule has 0 spiro atoms. The molecular formula is C17H23N5OS. The first-order valence-corrected chi connectivity index (χ1v) is 9.12. The van der Waals surface area contributed by atoms with Gasteiger partial charge < -0.3 is 15.1 Å². The molecule has 6 nitrogen and oxygen atoms in total. The fourth-order valence-electron chi connectivity index (χ4n) is 2.90. The Hall–Kier alpha value is -2.15. The van der Waals surface area contributed by atoms with Gasteiger partial charge in [-0.3, -0.25) is 0 Å². The highest BCUT2D eigenvalue weighted by Gasteiger charge is 2.25. The number of urea groups is 1. The van der Waals surface area contributed by atoms with Crippen LogP contribution < -0.4 is 10.2 Å². The van der Waals surface area contributed by atoms with Gasteiger partial charge in [-0.25, -0.2) is 14.8 Å². The first-order valence-electron chi connectivity index (χ1n) is 8.24. The molecular weight excluding hydrogens is 322 g/mol. The molecule has 0 saturated carbocycles. The molecule has 7 heteroatoms. The Morgan fingerprint density at radius 3 is 2.92 bits per heavy atom. The maximum absolute atomic E-state index is 12.6. The second-order valence-corrected chi connectivity index (χ2v) is 7.07. The van der Waals surface area contributed by atoms with E-state index >= 15 is 0 Å². The molecule has 1 aliphatic heterocycles. The van der Waals surface area contributed by atoms with Crippen molar-refractivity contribution < 1.29 is 4.79 Å². The molecule has 2 atom stereocenters. The summed E-state index contributed by atoms with van der Waals surface area (Å²) in [5.74, 6) is 0.733. The summed E-state index contributed by atoms with van der Waals surface area (Å²) in [6, 6.07) is 6.05. The molecule has 0 bridgehead atoms. The Kier molecular flexibility index (Phi) is 5.30. The largest absolute Gasteiger partial charge is 0.339 e. The summed E-state index contributed by atoms with van der Waals surface area (Å²) in [6.07, 6.45) is 5.51. The van der Waals surface area contributed by atoms with Crippen molar-refractivity contribution in [2.24, 2.45) is 0 Å². The van der Waals surface area contributed by atoms with E-state index in [0.717, 1.165) is 31.9 Å². The van der Waals surface area contributed by atoms with Crippen LogP contribution in [0.2, 0.25) is 0 Å². The van der Waals surface area contributed by atoms with Gasteiger partial charge in [-0.05, 0) is 37.3 Å². The molecule has 0 radical (unpaired) electrons. The molecule has 2 aromatic heterocycles. The van der Waals surface area contributed by atoms with Crippen LogP contribution in [-0.2, 0) is 0 Å². The second kappa shape index (κ2) is 7.61. The highest BCUT2D eigenvalue weighted by molar-refractivity contribution is 7.10. The lowest BCUT2D eigenvalue weighted by molar-refractivity contribution is 0.189. The average molecular weight is 345 g/mol. The molecule has 1 aliphatic rings. The van der Waals surface area contributed by atoms with Crippen LogP contribution in [0.25, 0.3) is 0 Å². The van der Waals surface area contributed by atoms with E-state index in [9.17, 15) is 4.79 Å². The smallest absolute Gasteiger partial charge is 0.317 e. The third-order valence-corrected chi connectivity index (χ3v) is 5.48. The molecule has 0 aromatic carbocycles. The Bertz CT molecular complexity index is 648. The van der Waals surface area contributed by atoms with Gasteiger partial charge in [0.05, 0.1) is 6.04 Å². The van der Waals surface area contributed by atoms with Crippen molar-refractivity contribution in [2.75, 3.05) is 25.0 Å². The quantitative estimate of drug-likeness (QED) is 0.925. The summed E-state index contributed by atoms with van der Waals surface area (Å²) in [5, 5.41) is 5.19. The summed E-state index contributed by atoms with van der Waals surface area (Å²) >= 11 is 1.67. The van der Waals surface area contributed by atoms with Gasteiger partial charge >= 0.3 is 6.03 Å². The molecule has 2 aromatic rings. The van der Waals surface area contributed by atoms with Gasteiger partial charge in [-0.1, -0.05) is 6.07 Å². The number of aromatic nitrogens is 2. The highest BCUT2D eigenvalue weighted by atomic mass is 32.1. The Morgan fingerprint density at radius 2 is 2.21 bits per heavy atom. The van der Waals surface area contributed by atoms with Crippen molar-refractivity contribution in [3.05, 3.63) is 40.8 Å². The molecule has 24 heavy (non-hydrogen) atoms. The third kappa shape index (κ3) is 3.84. The number of nitrogens with zero attached hydrogens (tertiary/aromatic N) is 4. The maximum atomic E-state index is 12.6. The fourth-order valence-corrected chi connectivity index (χ4v) is 3.73. The summed E-state index contributed by atoms with van der Waals surface area (Å²) in [7, 11) is 1.85. The van der Waals surface area contributed by atoms with Crippen LogP contribution in [0.3, 0.4) is 0 Å². The minimum atomic E-state index is -0.0308. The van der Waals surface area contributed by atoms with E-state index in [-0.39, 0.29) is 18.1 Å². The monoisotopic (exact) mass is 345 g/mol. The van der Waals surface area contributed by atoms with Crippen LogP contribution in [0.1, 0.15) is 30.7 Å². The molecule has 3 rings (SSSR count). The summed E-state index contributed by atoms with van der Waals surface area (Å²) < 4.78 is 0. The molecule has 2 amide bonds. The van der Waals surface area contributed by atoms with E-state index in [4.69, 9.17) is 0 Å². The zero-order valence-electron chi connectivity index (χ0n) is 14.1. The van der Waals surface area contributed by atoms with Crippen LogP contribution in [0, 0.1) is 0 Å². The van der Waals surface area contributed by atoms with Crippen molar-refractivity contribution in [3.8, 4) is 0 Å². The van der Waals surface area contributed by atoms with Gasteiger partial charge in [0.2, 0.25) is 5.95 Å². The lowest BCUT2D eigenvalue weighted by atomic mass is 10.1. The topological polar surface area (TPSA) is 61.4 Å². The SMILES string of the molecule is C[C@H](c1cccs1)N(C)C(=O)N[C@@H]1CCCN(c2ncccn2)C1. The third-order valence-electron chi connectivity index (χ3n) is 4.44. The van der Waals surface area contributed by atoms with Crippen LogP contribution in [-0.4, -0.2) is 47.1 Å². The minimum Gasteiger partial charge on any atom is -0.339 e. The van der Waals surface area contributed by atoms with Crippen molar-refractivity contribution in [1.29, 1.82) is 0 Å². The van der Waals surface area contributed by atoms with Gasteiger partial charge in [0, 0.05) is 43.4 Å². The van der Waals surface area contributed by atoms with Crippen molar-refractivity contribution in [2.45, 2.75) is 31.8 Å². The van der Waals surface area contributed by atoms with Crippen LogP contribution in [0.15, 0.2) is 36.0 Å². The lowest BCUT2D eigenvalue weighted by Crippen LogP contribution is -2.51. The first kappa shape index (κ1) is 16.7. The van der Waals surface area contributed by atoms with E-state index in [1.807, 2.05) is 24.6 Å². The van der Waals surface area contributed by atoms with E-state index in [1.54, 1.807) is 28.6 Å². The molecule has 128 valence electrons.